The van der Waals surface area contributed by atoms with Gasteiger partial charge in [0.1, 0.15) is 17.4 Å². The number of imide groups is 1. The first kappa shape index (κ1) is 16.4. The van der Waals surface area contributed by atoms with E-state index in [1.165, 1.54) is 25.4 Å². The molecule has 1 atom stereocenters. The summed E-state index contributed by atoms with van der Waals surface area (Å²) in [5.41, 5.74) is -0.277. The highest BCUT2D eigenvalue weighted by molar-refractivity contribution is 6.19. The third-order valence-electron chi connectivity index (χ3n) is 3.66. The number of urea groups is 1. The fraction of sp³-hybridized carbons (Fsp3) is 0.267. The molecular formula is C15H14N6O4. The highest BCUT2D eigenvalue weighted by Gasteiger charge is 2.36. The van der Waals surface area contributed by atoms with Crippen LogP contribution < -0.4 is 10.9 Å². The van der Waals surface area contributed by atoms with Gasteiger partial charge in [-0.25, -0.2) is 14.5 Å². The van der Waals surface area contributed by atoms with Crippen molar-refractivity contribution in [1.82, 2.24) is 20.0 Å². The number of aliphatic imine (C=N–C) groups is 2. The van der Waals surface area contributed by atoms with Crippen LogP contribution in [0.2, 0.25) is 0 Å². The fourth-order valence-corrected chi connectivity index (χ4v) is 2.36. The lowest BCUT2D eigenvalue weighted by atomic mass is 10.0. The van der Waals surface area contributed by atoms with E-state index in [0.717, 1.165) is 9.58 Å². The van der Waals surface area contributed by atoms with Gasteiger partial charge < -0.3 is 5.32 Å². The highest BCUT2D eigenvalue weighted by Crippen LogP contribution is 2.18. The van der Waals surface area contributed by atoms with Crippen LogP contribution in [0.3, 0.4) is 0 Å². The summed E-state index contributed by atoms with van der Waals surface area (Å²) < 4.78 is 1.04. The smallest absolute Gasteiger partial charge is 0.349 e. The number of hydrogen-bond donors (Lipinski definition) is 1. The molecule has 4 amide bonds. The van der Waals surface area contributed by atoms with Gasteiger partial charge in [0.15, 0.2) is 0 Å². The monoisotopic (exact) mass is 342 g/mol. The number of hydrogen-bond acceptors (Lipinski definition) is 6. The van der Waals surface area contributed by atoms with Gasteiger partial charge in [-0.05, 0) is 12.1 Å². The van der Waals surface area contributed by atoms with Crippen LogP contribution in [0.25, 0.3) is 0 Å². The van der Waals surface area contributed by atoms with Gasteiger partial charge in [-0.3, -0.25) is 19.3 Å². The first-order valence-electron chi connectivity index (χ1n) is 7.44. The standard InChI is InChI=1S/C15H14N6O4/c1-20-11(22)5-4-10(19-20)13(23)17-7-8-21-14(24)9-3-2-6-16-12(9)18-15(21)25/h2-6,9H,7-8H2,1H3,(H,17,23). The van der Waals surface area contributed by atoms with Crippen LogP contribution in [-0.4, -0.2) is 57.7 Å². The maximum atomic E-state index is 12.3. The van der Waals surface area contributed by atoms with Gasteiger partial charge in [0.25, 0.3) is 11.5 Å². The zero-order valence-electron chi connectivity index (χ0n) is 13.2. The number of rotatable bonds is 4. The van der Waals surface area contributed by atoms with Gasteiger partial charge in [-0.1, -0.05) is 6.08 Å². The number of dihydropyridines is 1. The van der Waals surface area contributed by atoms with Crippen LogP contribution in [-0.2, 0) is 11.8 Å². The zero-order chi connectivity index (χ0) is 18.0. The molecule has 0 spiro atoms. The summed E-state index contributed by atoms with van der Waals surface area (Å²) in [6.45, 7) is 0.00535. The van der Waals surface area contributed by atoms with E-state index in [-0.39, 0.29) is 30.2 Å². The Kier molecular flexibility index (Phi) is 4.33. The molecule has 0 saturated carbocycles. The lowest BCUT2D eigenvalue weighted by Crippen LogP contribution is -2.48. The molecule has 1 aromatic heterocycles. The van der Waals surface area contributed by atoms with Gasteiger partial charge in [-0.15, -0.1) is 0 Å². The summed E-state index contributed by atoms with van der Waals surface area (Å²) in [7, 11) is 1.43. The normalized spacial score (nSPS) is 18.8. The molecule has 0 aromatic carbocycles. The topological polar surface area (TPSA) is 126 Å². The Balaban J connectivity index is 1.62. The average Bonchev–Trinajstić information content (AvgIpc) is 2.60. The molecule has 25 heavy (non-hydrogen) atoms. The van der Waals surface area contributed by atoms with Crippen molar-refractivity contribution in [2.75, 3.05) is 13.1 Å². The van der Waals surface area contributed by atoms with Gasteiger partial charge in [0.2, 0.25) is 5.91 Å². The van der Waals surface area contributed by atoms with Crippen molar-refractivity contribution >= 4 is 29.9 Å². The van der Waals surface area contributed by atoms with Crippen molar-refractivity contribution in [3.63, 3.8) is 0 Å². The van der Waals surface area contributed by atoms with Crippen molar-refractivity contribution in [1.29, 1.82) is 0 Å². The molecule has 1 N–H and O–H groups in total. The number of carbonyl (C=O) groups is 3. The summed E-state index contributed by atoms with van der Waals surface area (Å²) >= 11 is 0. The predicted octanol–water partition coefficient (Wildman–Crippen LogP) is -0.872. The van der Waals surface area contributed by atoms with E-state index in [1.807, 2.05) is 0 Å². The number of nitrogens with zero attached hydrogens (tertiary/aromatic N) is 5. The third-order valence-corrected chi connectivity index (χ3v) is 3.66. The Bertz CT molecular complexity index is 898. The second kappa shape index (κ2) is 6.59. The lowest BCUT2D eigenvalue weighted by molar-refractivity contribution is -0.129. The van der Waals surface area contributed by atoms with Crippen molar-refractivity contribution < 1.29 is 14.4 Å². The van der Waals surface area contributed by atoms with Crippen LogP contribution in [0.1, 0.15) is 10.5 Å². The predicted molar refractivity (Wildman–Crippen MR) is 87.5 cm³/mol. The van der Waals surface area contributed by atoms with Gasteiger partial charge >= 0.3 is 6.03 Å². The second-order valence-electron chi connectivity index (χ2n) is 5.32. The van der Waals surface area contributed by atoms with Crippen LogP contribution >= 0.6 is 0 Å². The average molecular weight is 342 g/mol. The summed E-state index contributed by atoms with van der Waals surface area (Å²) in [6, 6.07) is 1.82. The van der Waals surface area contributed by atoms with E-state index in [9.17, 15) is 19.2 Å². The molecule has 0 fully saturated rings. The number of carbonyl (C=O) groups excluding carboxylic acids is 3. The van der Waals surface area contributed by atoms with E-state index < -0.39 is 23.8 Å². The van der Waals surface area contributed by atoms with E-state index in [1.54, 1.807) is 12.2 Å². The molecule has 1 unspecified atom stereocenters. The van der Waals surface area contributed by atoms with E-state index >= 15 is 0 Å². The minimum Gasteiger partial charge on any atom is -0.349 e. The number of aryl methyl sites for hydroxylation is 1. The number of fused-ring (bicyclic) bond motifs is 1. The summed E-state index contributed by atoms with van der Waals surface area (Å²) in [4.78, 5) is 56.2. The van der Waals surface area contributed by atoms with Crippen molar-refractivity contribution in [2.45, 2.75) is 0 Å². The molecule has 0 bridgehead atoms. The molecule has 0 aliphatic carbocycles. The third kappa shape index (κ3) is 3.27. The first-order valence-corrected chi connectivity index (χ1v) is 7.44. The molecule has 3 rings (SSSR count). The van der Waals surface area contributed by atoms with Crippen molar-refractivity contribution in [2.24, 2.45) is 23.0 Å². The molecule has 10 nitrogen and oxygen atoms in total. The number of allylic oxidation sites excluding steroid dienone is 1. The van der Waals surface area contributed by atoms with E-state index in [4.69, 9.17) is 0 Å². The molecule has 0 saturated heterocycles. The molecule has 2 aliphatic rings. The van der Waals surface area contributed by atoms with Crippen molar-refractivity contribution in [3.8, 4) is 0 Å². The summed E-state index contributed by atoms with van der Waals surface area (Å²) in [5.74, 6) is -1.45. The number of amidine groups is 1. The fourth-order valence-electron chi connectivity index (χ4n) is 2.36. The molecule has 3 heterocycles. The van der Waals surface area contributed by atoms with E-state index in [2.05, 4.69) is 20.4 Å². The Morgan fingerprint density at radius 1 is 1.28 bits per heavy atom. The first-order chi connectivity index (χ1) is 12.0. The maximum absolute atomic E-state index is 12.3. The molecule has 2 aliphatic heterocycles. The van der Waals surface area contributed by atoms with Gasteiger partial charge in [0, 0.05) is 32.4 Å². The van der Waals surface area contributed by atoms with Gasteiger partial charge in [-0.2, -0.15) is 10.1 Å². The second-order valence-corrected chi connectivity index (χ2v) is 5.32. The minimum atomic E-state index is -0.710. The van der Waals surface area contributed by atoms with Crippen LogP contribution in [0.4, 0.5) is 4.79 Å². The molecule has 128 valence electrons. The quantitative estimate of drug-likeness (QED) is 0.761. The van der Waals surface area contributed by atoms with Crippen molar-refractivity contribution in [3.05, 3.63) is 40.3 Å². The van der Waals surface area contributed by atoms with E-state index in [0.29, 0.717) is 0 Å². The van der Waals surface area contributed by atoms with Gasteiger partial charge in [0.05, 0.1) is 0 Å². The maximum Gasteiger partial charge on any atom is 0.352 e. The number of amides is 4. The molecular weight excluding hydrogens is 328 g/mol. The Labute approximate surface area is 141 Å². The Morgan fingerprint density at radius 2 is 2.08 bits per heavy atom. The SMILES string of the molecule is Cn1nc(C(=O)NCCN2C(=O)N=C3N=CC=CC3C2=O)ccc1=O. The lowest BCUT2D eigenvalue weighted by Gasteiger charge is -2.27. The molecule has 0 radical (unpaired) electrons. The Hall–Kier alpha value is -3.43. The van der Waals surface area contributed by atoms with Crippen LogP contribution in [0, 0.1) is 5.92 Å². The highest BCUT2D eigenvalue weighted by atomic mass is 16.2. The largest absolute Gasteiger partial charge is 0.352 e. The number of aromatic nitrogens is 2. The Morgan fingerprint density at radius 3 is 2.84 bits per heavy atom. The molecule has 10 heteroatoms. The summed E-state index contributed by atoms with van der Waals surface area (Å²) in [6.07, 6.45) is 4.69. The zero-order valence-corrected chi connectivity index (χ0v) is 13.2. The summed E-state index contributed by atoms with van der Waals surface area (Å²) in [5, 5.41) is 6.37. The van der Waals surface area contributed by atoms with Crippen LogP contribution in [0.5, 0.6) is 0 Å². The number of nitrogens with one attached hydrogen (secondary N) is 1. The molecule has 1 aromatic rings. The minimum absolute atomic E-state index is 0.0278. The van der Waals surface area contributed by atoms with Crippen LogP contribution in [0.15, 0.2) is 39.1 Å².